The summed E-state index contributed by atoms with van der Waals surface area (Å²) in [5.74, 6) is -2.16. The second-order valence-electron chi connectivity index (χ2n) is 14.0. The summed E-state index contributed by atoms with van der Waals surface area (Å²) in [6, 6.07) is 2.33. The summed E-state index contributed by atoms with van der Waals surface area (Å²) in [5.41, 5.74) is -0.905. The fraction of sp³-hybridized carbons (Fsp3) is 0.618. The monoisotopic (exact) mass is 687 g/mol. The number of carboxylic acids is 1. The standard InChI is InChI=1S/C34H45N3O12/c1-18(46-25(39)12-15-35-24(38)10-8-20(29(40)41)36-31(43)49-32(2,3)4)30(42)47-22-11-13-34(44)23-17-19-7-9-21(45-6)27-26(19)33(34,28(22)48-27)14-16-37(23)5/h7,9,11,18,20,23,28,44H,8,10,12-17H2,1-6H3,(H,35,38)(H,36,43)(H,40,41)/t18-,20?,23+,28-,33-,34+/m0/s1. The topological polar surface area (TPSA) is 199 Å². The van der Waals surface area contributed by atoms with E-state index in [1.807, 2.05) is 19.2 Å². The Hall–Kier alpha value is -4.37. The minimum Gasteiger partial charge on any atom is -0.493 e. The summed E-state index contributed by atoms with van der Waals surface area (Å²) >= 11 is 0. The van der Waals surface area contributed by atoms with Gasteiger partial charge in [0.15, 0.2) is 23.7 Å². The van der Waals surface area contributed by atoms with Crippen LogP contribution >= 0.6 is 0 Å². The maximum atomic E-state index is 13.2. The van der Waals surface area contributed by atoms with Crippen LogP contribution in [-0.2, 0) is 45.2 Å². The van der Waals surface area contributed by atoms with E-state index >= 15 is 0 Å². The number of likely N-dealkylation sites (tertiary alicyclic amines) is 1. The molecule has 2 aliphatic carbocycles. The van der Waals surface area contributed by atoms with Crippen molar-refractivity contribution in [2.24, 2.45) is 0 Å². The van der Waals surface area contributed by atoms with Gasteiger partial charge in [-0.15, -0.1) is 0 Å². The molecular formula is C34H45N3O12. The Balaban J connectivity index is 1.14. The van der Waals surface area contributed by atoms with E-state index in [-0.39, 0.29) is 44.0 Å². The van der Waals surface area contributed by atoms with Gasteiger partial charge >= 0.3 is 24.0 Å². The average Bonchev–Trinajstić information content (AvgIpc) is 3.37. The van der Waals surface area contributed by atoms with Crippen LogP contribution in [0.5, 0.6) is 11.5 Å². The number of aliphatic hydroxyl groups is 1. The summed E-state index contributed by atoms with van der Waals surface area (Å²) < 4.78 is 28.2. The van der Waals surface area contributed by atoms with Crippen LogP contribution in [0.25, 0.3) is 0 Å². The van der Waals surface area contributed by atoms with Crippen molar-refractivity contribution in [3.05, 3.63) is 35.1 Å². The zero-order chi connectivity index (χ0) is 35.9. The lowest BCUT2D eigenvalue weighted by Gasteiger charge is -2.61. The van der Waals surface area contributed by atoms with Crippen molar-refractivity contribution in [2.75, 3.05) is 27.2 Å². The highest BCUT2D eigenvalue weighted by Gasteiger charge is 2.72. The molecule has 4 N–H and O–H groups in total. The van der Waals surface area contributed by atoms with Crippen LogP contribution in [0.3, 0.4) is 0 Å². The second kappa shape index (κ2) is 13.5. The first kappa shape index (κ1) is 35.9. The molecule has 2 aliphatic heterocycles. The number of benzene rings is 1. The van der Waals surface area contributed by atoms with Crippen LogP contribution in [0, 0.1) is 0 Å². The van der Waals surface area contributed by atoms with E-state index in [4.69, 9.17) is 23.7 Å². The summed E-state index contributed by atoms with van der Waals surface area (Å²) in [7, 11) is 3.55. The second-order valence-corrected chi connectivity index (χ2v) is 14.0. The molecule has 0 aromatic heterocycles. The predicted molar refractivity (Wildman–Crippen MR) is 171 cm³/mol. The van der Waals surface area contributed by atoms with Crippen LogP contribution in [0.4, 0.5) is 4.79 Å². The first-order chi connectivity index (χ1) is 23.0. The van der Waals surface area contributed by atoms with Gasteiger partial charge in [-0.2, -0.15) is 0 Å². The fourth-order valence-electron chi connectivity index (χ4n) is 7.47. The van der Waals surface area contributed by atoms with Gasteiger partial charge in [-0.1, -0.05) is 6.07 Å². The smallest absolute Gasteiger partial charge is 0.408 e. The largest absolute Gasteiger partial charge is 0.493 e. The highest BCUT2D eigenvalue weighted by Crippen LogP contribution is 2.65. The van der Waals surface area contributed by atoms with E-state index in [0.29, 0.717) is 30.9 Å². The Bertz CT molecular complexity index is 1550. The normalized spacial score (nSPS) is 26.1. The molecule has 0 radical (unpaired) electrons. The Morgan fingerprint density at radius 1 is 1.16 bits per heavy atom. The quantitative estimate of drug-likeness (QED) is 0.183. The average molecular weight is 688 g/mol. The van der Waals surface area contributed by atoms with Crippen LogP contribution < -0.4 is 20.1 Å². The first-order valence-electron chi connectivity index (χ1n) is 16.4. The number of hydrogen-bond acceptors (Lipinski definition) is 12. The number of methoxy groups -OCH3 is 1. The highest BCUT2D eigenvalue weighted by atomic mass is 16.6. The number of carbonyl (C=O) groups excluding carboxylic acids is 4. The molecule has 15 nitrogen and oxygen atoms in total. The number of esters is 2. The molecule has 2 amide bonds. The first-order valence-corrected chi connectivity index (χ1v) is 16.4. The SMILES string of the molecule is COc1ccc2c3c1O[C@H]1C(OC(=O)[C@H](C)OC(=O)CCNC(=O)CCC(NC(=O)OC(C)(C)C)C(=O)O)=CC[C@@]4(O)[C@@H](C2)N(C)CC[C@]314. The van der Waals surface area contributed by atoms with E-state index in [1.165, 1.54) is 6.92 Å². The number of amides is 2. The number of ether oxygens (including phenoxy) is 5. The number of rotatable bonds is 12. The molecule has 1 fully saturated rings. The minimum atomic E-state index is -1.35. The van der Waals surface area contributed by atoms with Crippen LogP contribution in [0.2, 0.25) is 0 Å². The van der Waals surface area contributed by atoms with Gasteiger partial charge in [0.1, 0.15) is 17.4 Å². The van der Waals surface area contributed by atoms with Gasteiger partial charge in [0.2, 0.25) is 5.91 Å². The molecule has 5 rings (SSSR count). The Kier molecular flexibility index (Phi) is 9.90. The maximum absolute atomic E-state index is 13.2. The molecule has 1 unspecified atom stereocenters. The highest BCUT2D eigenvalue weighted by molar-refractivity contribution is 5.83. The van der Waals surface area contributed by atoms with Crippen molar-refractivity contribution in [1.29, 1.82) is 0 Å². The molecule has 15 heteroatoms. The number of nitrogens with zero attached hydrogens (tertiary/aromatic N) is 1. The summed E-state index contributed by atoms with van der Waals surface area (Å²) in [5, 5.41) is 26.4. The third-order valence-corrected chi connectivity index (χ3v) is 9.72. The molecule has 6 atom stereocenters. The zero-order valence-corrected chi connectivity index (χ0v) is 28.6. The Labute approximate surface area is 284 Å². The van der Waals surface area contributed by atoms with Gasteiger partial charge in [-0.25, -0.2) is 14.4 Å². The van der Waals surface area contributed by atoms with Crippen molar-refractivity contribution < 1.29 is 57.9 Å². The van der Waals surface area contributed by atoms with Gasteiger partial charge < -0.3 is 49.4 Å². The lowest BCUT2D eigenvalue weighted by molar-refractivity contribution is -0.175. The number of aliphatic carboxylic acids is 1. The molecule has 49 heavy (non-hydrogen) atoms. The molecule has 1 aromatic rings. The third-order valence-electron chi connectivity index (χ3n) is 9.72. The van der Waals surface area contributed by atoms with E-state index < -0.39 is 64.8 Å². The van der Waals surface area contributed by atoms with Crippen LogP contribution in [0.1, 0.15) is 70.9 Å². The molecule has 2 heterocycles. The molecule has 4 aliphatic rings. The Morgan fingerprint density at radius 3 is 2.57 bits per heavy atom. The number of carbonyl (C=O) groups is 5. The Morgan fingerprint density at radius 2 is 1.90 bits per heavy atom. The summed E-state index contributed by atoms with van der Waals surface area (Å²) in [6.07, 6.45) is -0.596. The van der Waals surface area contributed by atoms with E-state index in [0.717, 1.165) is 11.1 Å². The molecule has 268 valence electrons. The van der Waals surface area contributed by atoms with Gasteiger partial charge in [0, 0.05) is 31.0 Å². The van der Waals surface area contributed by atoms with Crippen molar-refractivity contribution >= 4 is 29.9 Å². The maximum Gasteiger partial charge on any atom is 0.408 e. The molecule has 1 saturated heterocycles. The zero-order valence-electron chi connectivity index (χ0n) is 28.6. The third kappa shape index (κ3) is 6.78. The molecule has 2 bridgehead atoms. The number of likely N-dealkylation sites (N-methyl/N-ethyl adjacent to an activating group) is 1. The van der Waals surface area contributed by atoms with Crippen molar-refractivity contribution in [2.45, 2.75) is 107 Å². The number of carboxylic acid groups (broad SMARTS) is 1. The van der Waals surface area contributed by atoms with E-state index in [2.05, 4.69) is 15.5 Å². The summed E-state index contributed by atoms with van der Waals surface area (Å²) in [6.45, 7) is 6.85. The van der Waals surface area contributed by atoms with E-state index in [9.17, 15) is 34.2 Å². The number of alkyl carbamates (subject to hydrolysis) is 1. The number of piperidine rings is 1. The summed E-state index contributed by atoms with van der Waals surface area (Å²) in [4.78, 5) is 63.6. The molecular weight excluding hydrogens is 642 g/mol. The van der Waals surface area contributed by atoms with Crippen molar-refractivity contribution in [3.63, 3.8) is 0 Å². The van der Waals surface area contributed by atoms with E-state index in [1.54, 1.807) is 34.0 Å². The predicted octanol–water partition coefficient (Wildman–Crippen LogP) is 1.71. The van der Waals surface area contributed by atoms with Gasteiger partial charge in [-0.05, 0) is 78.3 Å². The van der Waals surface area contributed by atoms with Gasteiger partial charge in [-0.3, -0.25) is 9.59 Å². The molecule has 1 spiro atoms. The van der Waals surface area contributed by atoms with Crippen LogP contribution in [-0.4, -0.2) is 108 Å². The number of nitrogens with one attached hydrogen (secondary N) is 2. The van der Waals surface area contributed by atoms with Gasteiger partial charge in [0.25, 0.3) is 0 Å². The van der Waals surface area contributed by atoms with Crippen molar-refractivity contribution in [1.82, 2.24) is 15.5 Å². The molecule has 1 aromatic carbocycles. The lowest BCUT2D eigenvalue weighted by atomic mass is 9.50. The number of hydrogen-bond donors (Lipinski definition) is 4. The van der Waals surface area contributed by atoms with Crippen LogP contribution in [0.15, 0.2) is 24.0 Å². The lowest BCUT2D eigenvalue weighted by Crippen LogP contribution is -2.74. The fourth-order valence-corrected chi connectivity index (χ4v) is 7.47. The molecule has 0 saturated carbocycles. The minimum absolute atomic E-state index is 0.128. The van der Waals surface area contributed by atoms with Gasteiger partial charge in [0.05, 0.1) is 24.5 Å². The van der Waals surface area contributed by atoms with Crippen molar-refractivity contribution in [3.8, 4) is 11.5 Å².